The van der Waals surface area contributed by atoms with E-state index in [0.717, 1.165) is 0 Å². The molecular weight excluding hydrogens is 233 g/mol. The number of rotatable bonds is 4. The van der Waals surface area contributed by atoms with Crippen molar-refractivity contribution < 1.29 is 9.18 Å². The molecule has 92 valence electrons. The van der Waals surface area contributed by atoms with Crippen LogP contribution in [0.25, 0.3) is 11.3 Å². The number of carbonyl (C=O) groups is 1. The molecule has 4 nitrogen and oxygen atoms in total. The number of benzene rings is 1. The van der Waals surface area contributed by atoms with Crippen LogP contribution in [0, 0.1) is 5.82 Å². The molecule has 2 aromatic rings. The number of aromatic nitrogens is 2. The monoisotopic (exact) mass is 245 g/mol. The maximum atomic E-state index is 12.8. The number of carbonyl (C=O) groups excluding carboxylic acids is 1. The Hall–Kier alpha value is -2.43. The van der Waals surface area contributed by atoms with Crippen LogP contribution in [0.5, 0.6) is 0 Å². The van der Waals surface area contributed by atoms with Crippen LogP contribution in [0.2, 0.25) is 0 Å². The van der Waals surface area contributed by atoms with Crippen LogP contribution in [-0.2, 0) is 0 Å². The van der Waals surface area contributed by atoms with Gasteiger partial charge in [-0.2, -0.15) is 5.10 Å². The molecule has 1 heterocycles. The molecular formula is C13H12FN3O. The predicted octanol–water partition coefficient (Wildman–Crippen LogP) is 2.13. The van der Waals surface area contributed by atoms with Crippen LogP contribution in [0.4, 0.5) is 4.39 Å². The summed E-state index contributed by atoms with van der Waals surface area (Å²) in [5, 5.41) is 9.25. The molecule has 0 unspecified atom stereocenters. The number of aromatic amines is 1. The fraction of sp³-hybridized carbons (Fsp3) is 0.0769. The summed E-state index contributed by atoms with van der Waals surface area (Å²) in [7, 11) is 0. The number of hydrogen-bond acceptors (Lipinski definition) is 2. The van der Waals surface area contributed by atoms with Crippen LogP contribution in [0.1, 0.15) is 10.4 Å². The van der Waals surface area contributed by atoms with Gasteiger partial charge in [-0.05, 0) is 24.3 Å². The molecule has 0 spiro atoms. The predicted molar refractivity (Wildman–Crippen MR) is 66.5 cm³/mol. The Morgan fingerprint density at radius 2 is 2.17 bits per heavy atom. The third kappa shape index (κ3) is 2.45. The van der Waals surface area contributed by atoms with Gasteiger partial charge in [0.15, 0.2) is 0 Å². The van der Waals surface area contributed by atoms with E-state index in [4.69, 9.17) is 0 Å². The second-order valence-corrected chi connectivity index (χ2v) is 3.66. The first kappa shape index (κ1) is 12.0. The minimum Gasteiger partial charge on any atom is -0.348 e. The third-order valence-electron chi connectivity index (χ3n) is 2.42. The molecule has 1 aromatic carbocycles. The minimum atomic E-state index is -0.323. The number of nitrogens with one attached hydrogen (secondary N) is 2. The van der Waals surface area contributed by atoms with Crippen molar-refractivity contribution in [3.05, 3.63) is 54.5 Å². The van der Waals surface area contributed by atoms with E-state index in [2.05, 4.69) is 22.1 Å². The first-order chi connectivity index (χ1) is 8.72. The van der Waals surface area contributed by atoms with E-state index >= 15 is 0 Å². The SMILES string of the molecule is C=CCNC(=O)c1cn[nH]c1-c1ccc(F)cc1. The Labute approximate surface area is 104 Å². The fourth-order valence-corrected chi connectivity index (χ4v) is 1.56. The van der Waals surface area contributed by atoms with E-state index in [1.165, 1.54) is 18.3 Å². The summed E-state index contributed by atoms with van der Waals surface area (Å²) in [6.45, 7) is 3.91. The third-order valence-corrected chi connectivity index (χ3v) is 2.42. The van der Waals surface area contributed by atoms with E-state index < -0.39 is 0 Å². The average molecular weight is 245 g/mol. The highest BCUT2D eigenvalue weighted by Crippen LogP contribution is 2.21. The number of halogens is 1. The highest BCUT2D eigenvalue weighted by Gasteiger charge is 2.14. The lowest BCUT2D eigenvalue weighted by atomic mass is 10.1. The molecule has 1 aromatic heterocycles. The second kappa shape index (κ2) is 5.27. The molecule has 0 saturated carbocycles. The minimum absolute atomic E-state index is 0.247. The first-order valence-corrected chi connectivity index (χ1v) is 5.41. The molecule has 0 radical (unpaired) electrons. The van der Waals surface area contributed by atoms with Crippen molar-refractivity contribution in [1.29, 1.82) is 0 Å². The van der Waals surface area contributed by atoms with Crippen molar-refractivity contribution in [2.45, 2.75) is 0 Å². The van der Waals surface area contributed by atoms with E-state index in [1.807, 2.05) is 0 Å². The summed E-state index contributed by atoms with van der Waals surface area (Å²) in [6, 6.07) is 5.85. The summed E-state index contributed by atoms with van der Waals surface area (Å²) < 4.78 is 12.8. The summed E-state index contributed by atoms with van der Waals surface area (Å²) >= 11 is 0. The molecule has 1 amide bonds. The van der Waals surface area contributed by atoms with Gasteiger partial charge >= 0.3 is 0 Å². The summed E-state index contributed by atoms with van der Waals surface area (Å²) in [4.78, 5) is 11.8. The molecule has 2 rings (SSSR count). The molecule has 0 saturated heterocycles. The van der Waals surface area contributed by atoms with Gasteiger partial charge in [0.1, 0.15) is 5.82 Å². The Morgan fingerprint density at radius 1 is 1.44 bits per heavy atom. The highest BCUT2D eigenvalue weighted by atomic mass is 19.1. The van der Waals surface area contributed by atoms with Crippen LogP contribution >= 0.6 is 0 Å². The Kier molecular flexibility index (Phi) is 3.52. The van der Waals surface area contributed by atoms with Crippen LogP contribution in [-0.4, -0.2) is 22.6 Å². The van der Waals surface area contributed by atoms with Gasteiger partial charge in [0.05, 0.1) is 17.5 Å². The summed E-state index contributed by atoms with van der Waals surface area (Å²) in [5.41, 5.74) is 1.69. The maximum absolute atomic E-state index is 12.8. The van der Waals surface area contributed by atoms with E-state index in [1.54, 1.807) is 18.2 Å². The van der Waals surface area contributed by atoms with Crippen LogP contribution < -0.4 is 5.32 Å². The average Bonchev–Trinajstić information content (AvgIpc) is 2.86. The zero-order valence-electron chi connectivity index (χ0n) is 9.61. The molecule has 0 aliphatic rings. The van der Waals surface area contributed by atoms with Gasteiger partial charge in [0, 0.05) is 12.1 Å². The zero-order chi connectivity index (χ0) is 13.0. The molecule has 0 fully saturated rings. The molecule has 5 heteroatoms. The van der Waals surface area contributed by atoms with Gasteiger partial charge in [-0.15, -0.1) is 6.58 Å². The highest BCUT2D eigenvalue weighted by molar-refractivity contribution is 5.99. The van der Waals surface area contributed by atoms with Gasteiger partial charge in [-0.25, -0.2) is 4.39 Å². The molecule has 0 aliphatic heterocycles. The number of H-pyrrole nitrogens is 1. The van der Waals surface area contributed by atoms with Gasteiger partial charge in [-0.3, -0.25) is 9.89 Å². The number of nitrogens with zero attached hydrogens (tertiary/aromatic N) is 1. The second-order valence-electron chi connectivity index (χ2n) is 3.66. The van der Waals surface area contributed by atoms with Crippen molar-refractivity contribution in [3.8, 4) is 11.3 Å². The smallest absolute Gasteiger partial charge is 0.255 e. The topological polar surface area (TPSA) is 57.8 Å². The molecule has 0 bridgehead atoms. The number of amides is 1. The molecule has 0 atom stereocenters. The van der Waals surface area contributed by atoms with Crippen molar-refractivity contribution in [1.82, 2.24) is 15.5 Å². The lowest BCUT2D eigenvalue weighted by Gasteiger charge is -2.03. The lowest BCUT2D eigenvalue weighted by molar-refractivity contribution is 0.0958. The van der Waals surface area contributed by atoms with Crippen molar-refractivity contribution in [2.75, 3.05) is 6.54 Å². The van der Waals surface area contributed by atoms with Gasteiger partial charge in [-0.1, -0.05) is 6.08 Å². The summed E-state index contributed by atoms with van der Waals surface area (Å²) in [6.07, 6.45) is 3.03. The van der Waals surface area contributed by atoms with E-state index in [0.29, 0.717) is 23.4 Å². The molecule has 2 N–H and O–H groups in total. The zero-order valence-corrected chi connectivity index (χ0v) is 9.61. The summed E-state index contributed by atoms with van der Waals surface area (Å²) in [5.74, 6) is -0.570. The first-order valence-electron chi connectivity index (χ1n) is 5.41. The Bertz CT molecular complexity index is 560. The van der Waals surface area contributed by atoms with Crippen molar-refractivity contribution in [3.63, 3.8) is 0 Å². The number of hydrogen-bond donors (Lipinski definition) is 2. The van der Waals surface area contributed by atoms with Crippen LogP contribution in [0.15, 0.2) is 43.1 Å². The molecule has 0 aliphatic carbocycles. The quantitative estimate of drug-likeness (QED) is 0.811. The molecule has 18 heavy (non-hydrogen) atoms. The lowest BCUT2D eigenvalue weighted by Crippen LogP contribution is -2.23. The normalized spacial score (nSPS) is 10.1. The fourth-order valence-electron chi connectivity index (χ4n) is 1.56. The van der Waals surface area contributed by atoms with Crippen LogP contribution in [0.3, 0.4) is 0 Å². The van der Waals surface area contributed by atoms with Gasteiger partial charge < -0.3 is 5.32 Å². The van der Waals surface area contributed by atoms with Gasteiger partial charge in [0.25, 0.3) is 5.91 Å². The Morgan fingerprint density at radius 3 is 2.83 bits per heavy atom. The Balaban J connectivity index is 2.29. The standard InChI is InChI=1S/C13H12FN3O/c1-2-7-15-13(18)11-8-16-17-12(11)9-3-5-10(14)6-4-9/h2-6,8H,1,7H2,(H,15,18)(H,16,17). The van der Waals surface area contributed by atoms with Crippen molar-refractivity contribution in [2.24, 2.45) is 0 Å². The van der Waals surface area contributed by atoms with E-state index in [9.17, 15) is 9.18 Å². The van der Waals surface area contributed by atoms with Gasteiger partial charge in [0.2, 0.25) is 0 Å². The van der Waals surface area contributed by atoms with Crippen molar-refractivity contribution >= 4 is 5.91 Å². The van der Waals surface area contributed by atoms with E-state index in [-0.39, 0.29) is 11.7 Å². The maximum Gasteiger partial charge on any atom is 0.255 e. The largest absolute Gasteiger partial charge is 0.348 e.